The van der Waals surface area contributed by atoms with E-state index in [4.69, 9.17) is 0 Å². The molecule has 0 spiro atoms. The number of aromatic nitrogens is 2. The van der Waals surface area contributed by atoms with Crippen molar-refractivity contribution in [3.05, 3.63) is 23.8 Å². The molecule has 0 aromatic carbocycles. The van der Waals surface area contributed by atoms with E-state index in [0.29, 0.717) is 12.1 Å². The first-order valence-electron chi connectivity index (χ1n) is 7.47. The molecule has 1 aliphatic rings. The Hall–Kier alpha value is -1.04. The molecule has 5 nitrogen and oxygen atoms in total. The lowest BCUT2D eigenvalue weighted by Crippen LogP contribution is -2.51. The summed E-state index contributed by atoms with van der Waals surface area (Å²) in [4.78, 5) is 13.9. The predicted molar refractivity (Wildman–Crippen MR) is 81.6 cm³/mol. The molecule has 2 heterocycles. The summed E-state index contributed by atoms with van der Waals surface area (Å²) in [6, 6.07) is 2.99. The Kier molecular flexibility index (Phi) is 5.46. The zero-order valence-corrected chi connectivity index (χ0v) is 13.1. The first kappa shape index (κ1) is 15.4. The summed E-state index contributed by atoms with van der Waals surface area (Å²) in [5.41, 5.74) is 1.08. The van der Waals surface area contributed by atoms with E-state index in [1.165, 1.54) is 0 Å². The Balaban J connectivity index is 1.96. The lowest BCUT2D eigenvalue weighted by atomic mass is 10.1. The van der Waals surface area contributed by atoms with Gasteiger partial charge in [0.1, 0.15) is 5.82 Å². The molecular formula is C15H27N5. The number of piperazine rings is 1. The number of nitrogens with one attached hydrogen (secondary N) is 1. The SMILES string of the molecule is CC(C)NCc1ccnc(CC2CN(C)CCN2C)n1. The van der Waals surface area contributed by atoms with E-state index >= 15 is 0 Å². The summed E-state index contributed by atoms with van der Waals surface area (Å²) in [6.07, 6.45) is 2.81. The lowest BCUT2D eigenvalue weighted by Gasteiger charge is -2.37. The number of rotatable bonds is 5. The van der Waals surface area contributed by atoms with Crippen molar-refractivity contribution >= 4 is 0 Å². The molecule has 0 bridgehead atoms. The lowest BCUT2D eigenvalue weighted by molar-refractivity contribution is 0.113. The van der Waals surface area contributed by atoms with Crippen LogP contribution in [-0.2, 0) is 13.0 Å². The molecule has 5 heteroatoms. The molecule has 0 radical (unpaired) electrons. The minimum absolute atomic E-state index is 0.478. The van der Waals surface area contributed by atoms with Gasteiger partial charge >= 0.3 is 0 Å². The zero-order valence-electron chi connectivity index (χ0n) is 13.1. The molecule has 1 atom stereocenters. The number of hydrogen-bond donors (Lipinski definition) is 1. The number of likely N-dealkylation sites (N-methyl/N-ethyl adjacent to an activating group) is 2. The summed E-state index contributed by atoms with van der Waals surface area (Å²) in [7, 11) is 4.38. The highest BCUT2D eigenvalue weighted by Crippen LogP contribution is 2.10. The van der Waals surface area contributed by atoms with Crippen LogP contribution in [0.25, 0.3) is 0 Å². The Bertz CT molecular complexity index is 420. The van der Waals surface area contributed by atoms with E-state index in [9.17, 15) is 0 Å². The van der Waals surface area contributed by atoms with Crippen molar-refractivity contribution in [2.45, 2.75) is 38.9 Å². The first-order chi connectivity index (χ1) is 9.54. The van der Waals surface area contributed by atoms with Gasteiger partial charge in [0.15, 0.2) is 0 Å². The summed E-state index contributed by atoms with van der Waals surface area (Å²) < 4.78 is 0. The molecule has 2 rings (SSSR count). The summed E-state index contributed by atoms with van der Waals surface area (Å²) in [5.74, 6) is 0.959. The van der Waals surface area contributed by atoms with E-state index in [1.807, 2.05) is 12.3 Å². The third-order valence-corrected chi connectivity index (χ3v) is 3.85. The number of nitrogens with zero attached hydrogens (tertiary/aromatic N) is 4. The topological polar surface area (TPSA) is 44.3 Å². The monoisotopic (exact) mass is 277 g/mol. The van der Waals surface area contributed by atoms with Gasteiger partial charge in [-0.1, -0.05) is 13.8 Å². The second-order valence-electron chi connectivity index (χ2n) is 6.10. The standard InChI is InChI=1S/C15H27N5/c1-12(2)17-10-13-5-6-16-15(18-13)9-14-11-19(3)7-8-20(14)4/h5-6,12,14,17H,7-11H2,1-4H3. The van der Waals surface area contributed by atoms with Crippen LogP contribution >= 0.6 is 0 Å². The second kappa shape index (κ2) is 7.11. The van der Waals surface area contributed by atoms with Crippen molar-refractivity contribution in [3.63, 3.8) is 0 Å². The summed E-state index contributed by atoms with van der Waals surface area (Å²) in [6.45, 7) is 8.47. The number of hydrogen-bond acceptors (Lipinski definition) is 5. The first-order valence-corrected chi connectivity index (χ1v) is 7.47. The quantitative estimate of drug-likeness (QED) is 0.861. The van der Waals surface area contributed by atoms with Crippen molar-refractivity contribution in [2.75, 3.05) is 33.7 Å². The average molecular weight is 277 g/mol. The molecule has 0 saturated carbocycles. The van der Waals surface area contributed by atoms with Gasteiger partial charge in [-0.2, -0.15) is 0 Å². The van der Waals surface area contributed by atoms with Gasteiger partial charge in [-0.05, 0) is 20.2 Å². The van der Waals surface area contributed by atoms with Crippen LogP contribution in [0.15, 0.2) is 12.3 Å². The maximum atomic E-state index is 4.68. The third kappa shape index (κ3) is 4.51. The minimum Gasteiger partial charge on any atom is -0.309 e. The average Bonchev–Trinajstić information content (AvgIpc) is 2.41. The fourth-order valence-corrected chi connectivity index (χ4v) is 2.48. The molecule has 0 aliphatic carbocycles. The zero-order chi connectivity index (χ0) is 14.5. The van der Waals surface area contributed by atoms with E-state index in [-0.39, 0.29) is 0 Å². The van der Waals surface area contributed by atoms with Crippen molar-refractivity contribution in [1.82, 2.24) is 25.1 Å². The molecule has 20 heavy (non-hydrogen) atoms. The fraction of sp³-hybridized carbons (Fsp3) is 0.733. The van der Waals surface area contributed by atoms with Crippen LogP contribution in [0, 0.1) is 0 Å². The molecule has 112 valence electrons. The van der Waals surface area contributed by atoms with E-state index in [2.05, 4.69) is 53.0 Å². The van der Waals surface area contributed by atoms with Crippen LogP contribution in [0.5, 0.6) is 0 Å². The Labute approximate surface area is 122 Å². The summed E-state index contributed by atoms with van der Waals surface area (Å²) >= 11 is 0. The van der Waals surface area contributed by atoms with Crippen molar-refractivity contribution in [2.24, 2.45) is 0 Å². The third-order valence-electron chi connectivity index (χ3n) is 3.85. The Morgan fingerprint density at radius 2 is 2.15 bits per heavy atom. The van der Waals surface area contributed by atoms with Gasteiger partial charge in [-0.25, -0.2) is 9.97 Å². The maximum Gasteiger partial charge on any atom is 0.130 e. The highest BCUT2D eigenvalue weighted by atomic mass is 15.3. The molecule has 0 amide bonds. The fourth-order valence-electron chi connectivity index (χ4n) is 2.48. The van der Waals surface area contributed by atoms with Gasteiger partial charge in [0.2, 0.25) is 0 Å². The molecule has 1 aromatic rings. The summed E-state index contributed by atoms with van der Waals surface area (Å²) in [5, 5.41) is 3.40. The van der Waals surface area contributed by atoms with Gasteiger partial charge in [-0.15, -0.1) is 0 Å². The molecule has 1 N–H and O–H groups in total. The van der Waals surface area contributed by atoms with Crippen LogP contribution in [-0.4, -0.2) is 65.6 Å². The molecule has 1 unspecified atom stereocenters. The highest BCUT2D eigenvalue weighted by Gasteiger charge is 2.23. The van der Waals surface area contributed by atoms with Gasteiger partial charge < -0.3 is 15.1 Å². The van der Waals surface area contributed by atoms with Crippen LogP contribution in [0.1, 0.15) is 25.4 Å². The largest absolute Gasteiger partial charge is 0.309 e. The molecule has 1 aliphatic heterocycles. The van der Waals surface area contributed by atoms with E-state index in [1.54, 1.807) is 0 Å². The predicted octanol–water partition coefficient (Wildman–Crippen LogP) is 0.763. The minimum atomic E-state index is 0.478. The Morgan fingerprint density at radius 1 is 1.35 bits per heavy atom. The molecular weight excluding hydrogens is 250 g/mol. The molecule has 1 aromatic heterocycles. The van der Waals surface area contributed by atoms with Crippen molar-refractivity contribution in [3.8, 4) is 0 Å². The van der Waals surface area contributed by atoms with Gasteiger partial charge in [0.25, 0.3) is 0 Å². The molecule has 1 saturated heterocycles. The van der Waals surface area contributed by atoms with Crippen LogP contribution < -0.4 is 5.32 Å². The van der Waals surface area contributed by atoms with Crippen LogP contribution in [0.2, 0.25) is 0 Å². The highest BCUT2D eigenvalue weighted by molar-refractivity contribution is 5.04. The molecule has 1 fully saturated rings. The normalized spacial score (nSPS) is 21.6. The van der Waals surface area contributed by atoms with Crippen LogP contribution in [0.3, 0.4) is 0 Å². The van der Waals surface area contributed by atoms with Gasteiger partial charge in [0, 0.05) is 50.9 Å². The van der Waals surface area contributed by atoms with Gasteiger partial charge in [0.05, 0.1) is 5.69 Å². The van der Waals surface area contributed by atoms with E-state index in [0.717, 1.165) is 44.1 Å². The Morgan fingerprint density at radius 3 is 2.90 bits per heavy atom. The smallest absolute Gasteiger partial charge is 0.130 e. The van der Waals surface area contributed by atoms with Crippen LogP contribution in [0.4, 0.5) is 0 Å². The van der Waals surface area contributed by atoms with Crippen molar-refractivity contribution in [1.29, 1.82) is 0 Å². The second-order valence-corrected chi connectivity index (χ2v) is 6.10. The maximum absolute atomic E-state index is 4.68. The van der Waals surface area contributed by atoms with Crippen molar-refractivity contribution < 1.29 is 0 Å². The van der Waals surface area contributed by atoms with E-state index < -0.39 is 0 Å². The van der Waals surface area contributed by atoms with Gasteiger partial charge in [-0.3, -0.25) is 0 Å².